The molecule has 1 aromatic heterocycles. The van der Waals surface area contributed by atoms with Crippen LogP contribution >= 0.6 is 22.9 Å². The maximum absolute atomic E-state index is 13.3. The van der Waals surface area contributed by atoms with Gasteiger partial charge in [0.15, 0.2) is 6.29 Å². The summed E-state index contributed by atoms with van der Waals surface area (Å²) < 4.78 is 33.6. The second-order valence-electron chi connectivity index (χ2n) is 7.34. The van der Waals surface area contributed by atoms with E-state index in [9.17, 15) is 13.2 Å². The van der Waals surface area contributed by atoms with Crippen LogP contribution in [0.3, 0.4) is 0 Å². The molecule has 0 bridgehead atoms. The number of benzene rings is 1. The van der Waals surface area contributed by atoms with Gasteiger partial charge in [-0.05, 0) is 42.7 Å². The molecule has 0 spiro atoms. The number of halogens is 1. The van der Waals surface area contributed by atoms with E-state index < -0.39 is 28.3 Å². The number of nitrogens with zero attached hydrogens (tertiary/aromatic N) is 1. The fourth-order valence-electron chi connectivity index (χ4n) is 3.54. The Balaban J connectivity index is 1.48. The van der Waals surface area contributed by atoms with Crippen LogP contribution < -0.4 is 10.8 Å². The van der Waals surface area contributed by atoms with Crippen molar-refractivity contribution < 1.29 is 22.8 Å². The van der Waals surface area contributed by atoms with Crippen molar-refractivity contribution in [2.45, 2.75) is 35.8 Å². The van der Waals surface area contributed by atoms with Crippen LogP contribution in [0.5, 0.6) is 0 Å². The van der Waals surface area contributed by atoms with E-state index in [0.29, 0.717) is 24.6 Å². The topological polar surface area (TPSA) is 97.0 Å². The number of nitrogens with one attached hydrogen (secondary N) is 2. The van der Waals surface area contributed by atoms with Crippen LogP contribution in [-0.4, -0.2) is 57.2 Å². The molecule has 2 unspecified atom stereocenters. The molecule has 31 heavy (non-hydrogen) atoms. The molecule has 2 atom stereocenters. The van der Waals surface area contributed by atoms with E-state index in [-0.39, 0.29) is 17.3 Å². The van der Waals surface area contributed by atoms with Gasteiger partial charge < -0.3 is 10.1 Å². The second-order valence-corrected chi connectivity index (χ2v) is 11.0. The van der Waals surface area contributed by atoms with E-state index in [1.54, 1.807) is 24.3 Å². The quantitative estimate of drug-likeness (QED) is 0.610. The lowest BCUT2D eigenvalue weighted by Gasteiger charge is -2.34. The summed E-state index contributed by atoms with van der Waals surface area (Å²) in [6.45, 7) is 1.44. The summed E-state index contributed by atoms with van der Waals surface area (Å²) >= 11 is 7.10. The van der Waals surface area contributed by atoms with Gasteiger partial charge in [0.05, 0.1) is 0 Å². The number of thiophene rings is 1. The maximum Gasteiger partial charge on any atom is 0.263 e. The van der Waals surface area contributed by atoms with Crippen molar-refractivity contribution in [1.29, 1.82) is 0 Å². The first kappa shape index (κ1) is 22.7. The molecule has 2 saturated heterocycles. The Bertz CT molecular complexity index is 1010. The third-order valence-electron chi connectivity index (χ3n) is 5.20. The Morgan fingerprint density at radius 3 is 2.77 bits per heavy atom. The molecule has 0 radical (unpaired) electrons. The summed E-state index contributed by atoms with van der Waals surface area (Å²) in [4.78, 5) is 18.9. The first-order valence-corrected chi connectivity index (χ1v) is 12.7. The monoisotopic (exact) mass is 485 g/mol. The minimum atomic E-state index is -3.86. The van der Waals surface area contributed by atoms with E-state index >= 15 is 0 Å². The van der Waals surface area contributed by atoms with Crippen LogP contribution in [0.2, 0.25) is 5.02 Å². The Morgan fingerprint density at radius 2 is 2.03 bits per heavy atom. The Labute approximate surface area is 190 Å². The number of ether oxygens (including phenoxy) is 1. The van der Waals surface area contributed by atoms with E-state index in [1.807, 2.05) is 12.1 Å². The second kappa shape index (κ2) is 9.95. The molecular formula is C20H24ClN3O5S2. The fourth-order valence-corrected chi connectivity index (χ4v) is 6.69. The summed E-state index contributed by atoms with van der Waals surface area (Å²) in [7, 11) is -3.86. The van der Waals surface area contributed by atoms with Crippen molar-refractivity contribution in [1.82, 2.24) is 15.1 Å². The molecule has 0 saturated carbocycles. The van der Waals surface area contributed by atoms with Gasteiger partial charge in [0, 0.05) is 42.6 Å². The molecule has 3 heterocycles. The maximum atomic E-state index is 13.3. The third kappa shape index (κ3) is 5.28. The number of hydroxylamine groups is 1. The van der Waals surface area contributed by atoms with Gasteiger partial charge in [-0.1, -0.05) is 23.7 Å². The summed E-state index contributed by atoms with van der Waals surface area (Å²) in [6.07, 6.45) is 2.11. The molecular weight excluding hydrogens is 462 g/mol. The standard InChI is InChI=1S/C20H24ClN3O5S2/c21-15-6-4-14(5-7-15)17-8-9-19(30-17)31(26,27)24-11-10-22-13-16(24)20(25)23-29-18-3-1-2-12-28-18/h4-9,16,18,22H,1-3,10-13H2,(H,23,25). The van der Waals surface area contributed by atoms with E-state index in [2.05, 4.69) is 10.8 Å². The lowest BCUT2D eigenvalue weighted by Crippen LogP contribution is -2.59. The Morgan fingerprint density at radius 1 is 1.23 bits per heavy atom. The lowest BCUT2D eigenvalue weighted by atomic mass is 10.2. The molecule has 1 amide bonds. The van der Waals surface area contributed by atoms with Gasteiger partial charge in [0.25, 0.3) is 15.9 Å². The van der Waals surface area contributed by atoms with Crippen molar-refractivity contribution >= 4 is 38.9 Å². The number of carbonyl (C=O) groups excluding carboxylic acids is 1. The van der Waals surface area contributed by atoms with Crippen molar-refractivity contribution in [2.24, 2.45) is 0 Å². The van der Waals surface area contributed by atoms with Gasteiger partial charge in [0.2, 0.25) is 0 Å². The highest BCUT2D eigenvalue weighted by molar-refractivity contribution is 7.91. The molecule has 2 aliphatic rings. The molecule has 168 valence electrons. The van der Waals surface area contributed by atoms with Gasteiger partial charge in [-0.15, -0.1) is 11.3 Å². The van der Waals surface area contributed by atoms with Crippen LogP contribution in [0.25, 0.3) is 10.4 Å². The predicted molar refractivity (Wildman–Crippen MR) is 118 cm³/mol. The van der Waals surface area contributed by atoms with Crippen molar-refractivity contribution in [3.8, 4) is 10.4 Å². The zero-order chi connectivity index (χ0) is 21.8. The SMILES string of the molecule is O=C(NOC1CCCCO1)C1CNCCN1S(=O)(=O)c1ccc(-c2ccc(Cl)cc2)s1. The molecule has 2 fully saturated rings. The average Bonchev–Trinajstić information content (AvgIpc) is 3.30. The summed E-state index contributed by atoms with van der Waals surface area (Å²) in [6, 6.07) is 9.64. The van der Waals surface area contributed by atoms with Gasteiger partial charge >= 0.3 is 0 Å². The van der Waals surface area contributed by atoms with Crippen LogP contribution in [0, 0.1) is 0 Å². The highest BCUT2D eigenvalue weighted by Gasteiger charge is 2.39. The normalized spacial score (nSPS) is 22.9. The molecule has 1 aromatic carbocycles. The average molecular weight is 486 g/mol. The third-order valence-corrected chi connectivity index (χ3v) is 8.96. The highest BCUT2D eigenvalue weighted by atomic mass is 35.5. The summed E-state index contributed by atoms with van der Waals surface area (Å²) in [5, 5.41) is 3.70. The predicted octanol–water partition coefficient (Wildman–Crippen LogP) is 2.61. The molecule has 0 aliphatic carbocycles. The molecule has 8 nitrogen and oxygen atoms in total. The largest absolute Gasteiger partial charge is 0.350 e. The van der Waals surface area contributed by atoms with Gasteiger partial charge in [-0.3, -0.25) is 4.79 Å². The number of hydrogen-bond acceptors (Lipinski definition) is 7. The smallest absolute Gasteiger partial charge is 0.263 e. The molecule has 2 aliphatic heterocycles. The van der Waals surface area contributed by atoms with Crippen LogP contribution in [0.4, 0.5) is 0 Å². The van der Waals surface area contributed by atoms with Crippen LogP contribution in [0.1, 0.15) is 19.3 Å². The van der Waals surface area contributed by atoms with E-state index in [1.165, 1.54) is 15.6 Å². The van der Waals surface area contributed by atoms with Crippen molar-refractivity contribution in [3.63, 3.8) is 0 Å². The first-order chi connectivity index (χ1) is 14.9. The minimum Gasteiger partial charge on any atom is -0.350 e. The van der Waals surface area contributed by atoms with Crippen molar-refractivity contribution in [3.05, 3.63) is 41.4 Å². The molecule has 4 rings (SSSR count). The number of hydrogen-bond donors (Lipinski definition) is 2. The van der Waals surface area contributed by atoms with Gasteiger partial charge in [0.1, 0.15) is 10.3 Å². The Hall–Kier alpha value is -1.53. The summed E-state index contributed by atoms with van der Waals surface area (Å²) in [5.41, 5.74) is 3.27. The summed E-state index contributed by atoms with van der Waals surface area (Å²) in [5.74, 6) is -0.514. The number of piperazine rings is 1. The van der Waals surface area contributed by atoms with Crippen LogP contribution in [-0.2, 0) is 24.4 Å². The molecule has 11 heteroatoms. The number of amides is 1. The van der Waals surface area contributed by atoms with E-state index in [4.69, 9.17) is 21.2 Å². The zero-order valence-corrected chi connectivity index (χ0v) is 19.1. The molecule has 2 aromatic rings. The number of rotatable bonds is 6. The van der Waals surface area contributed by atoms with E-state index in [0.717, 1.165) is 23.3 Å². The zero-order valence-electron chi connectivity index (χ0n) is 16.8. The first-order valence-electron chi connectivity index (χ1n) is 10.1. The van der Waals surface area contributed by atoms with Crippen LogP contribution in [0.15, 0.2) is 40.6 Å². The molecule has 2 N–H and O–H groups in total. The van der Waals surface area contributed by atoms with Gasteiger partial charge in [-0.2, -0.15) is 4.31 Å². The number of carbonyl (C=O) groups is 1. The van der Waals surface area contributed by atoms with Crippen molar-refractivity contribution in [2.75, 3.05) is 26.2 Å². The fraction of sp³-hybridized carbons (Fsp3) is 0.450. The minimum absolute atomic E-state index is 0.189. The number of sulfonamides is 1. The Kier molecular flexibility index (Phi) is 7.27. The lowest BCUT2D eigenvalue weighted by molar-refractivity contribution is -0.202. The highest BCUT2D eigenvalue weighted by Crippen LogP contribution is 2.33. The van der Waals surface area contributed by atoms with Gasteiger partial charge in [-0.25, -0.2) is 18.7 Å².